The molecule has 0 saturated carbocycles. The van der Waals surface area contributed by atoms with Gasteiger partial charge >= 0.3 is 0 Å². The van der Waals surface area contributed by atoms with Crippen molar-refractivity contribution < 1.29 is 14.6 Å². The molecule has 0 aliphatic rings. The van der Waals surface area contributed by atoms with Crippen LogP contribution in [-0.2, 0) is 0 Å². The number of hydrogen-bond donors (Lipinski definition) is 3. The van der Waals surface area contributed by atoms with E-state index in [4.69, 9.17) is 17.3 Å². The van der Waals surface area contributed by atoms with Gasteiger partial charge in [-0.2, -0.15) is 0 Å². The number of benzene rings is 1. The second-order valence-electron chi connectivity index (χ2n) is 2.92. The minimum Gasteiger partial charge on any atom is -0.506 e. The Labute approximate surface area is 85.9 Å². The van der Waals surface area contributed by atoms with Crippen LogP contribution in [0, 0.1) is 5.82 Å². The first-order valence-electron chi connectivity index (χ1n) is 4.12. The SMILES string of the molecule is NCCC(O)c1cc(F)cc(Cl)c1O. The number of aliphatic hydroxyl groups excluding tert-OH is 1. The topological polar surface area (TPSA) is 66.5 Å². The third-order valence-electron chi connectivity index (χ3n) is 1.86. The molecule has 0 fully saturated rings. The highest BCUT2D eigenvalue weighted by Crippen LogP contribution is 2.33. The van der Waals surface area contributed by atoms with Gasteiger partial charge in [0.1, 0.15) is 11.6 Å². The molecule has 0 heterocycles. The average molecular weight is 220 g/mol. The molecule has 5 heteroatoms. The molecule has 0 aliphatic carbocycles. The average Bonchev–Trinajstić information content (AvgIpc) is 2.11. The van der Waals surface area contributed by atoms with Gasteiger partial charge < -0.3 is 15.9 Å². The minimum atomic E-state index is -0.992. The minimum absolute atomic E-state index is 0.0699. The zero-order chi connectivity index (χ0) is 10.7. The Morgan fingerprint density at radius 3 is 2.71 bits per heavy atom. The highest BCUT2D eigenvalue weighted by atomic mass is 35.5. The van der Waals surface area contributed by atoms with E-state index in [-0.39, 0.29) is 29.3 Å². The molecule has 14 heavy (non-hydrogen) atoms. The number of phenols is 1. The molecule has 1 aromatic rings. The Kier molecular flexibility index (Phi) is 3.69. The van der Waals surface area contributed by atoms with Gasteiger partial charge in [0.15, 0.2) is 0 Å². The fourth-order valence-electron chi connectivity index (χ4n) is 1.15. The number of phenolic OH excluding ortho intramolecular Hbond substituents is 1. The molecule has 0 bridgehead atoms. The van der Waals surface area contributed by atoms with Crippen LogP contribution in [0.4, 0.5) is 4.39 Å². The van der Waals surface area contributed by atoms with Crippen LogP contribution >= 0.6 is 11.6 Å². The van der Waals surface area contributed by atoms with E-state index < -0.39 is 11.9 Å². The lowest BCUT2D eigenvalue weighted by molar-refractivity contribution is 0.166. The Balaban J connectivity index is 3.07. The number of rotatable bonds is 3. The van der Waals surface area contributed by atoms with Gasteiger partial charge in [0, 0.05) is 5.56 Å². The van der Waals surface area contributed by atoms with Crippen LogP contribution in [0.1, 0.15) is 18.1 Å². The first-order valence-corrected chi connectivity index (χ1v) is 4.50. The van der Waals surface area contributed by atoms with Gasteiger partial charge in [0.05, 0.1) is 11.1 Å². The summed E-state index contributed by atoms with van der Waals surface area (Å²) in [6.07, 6.45) is -0.749. The van der Waals surface area contributed by atoms with Crippen molar-refractivity contribution in [2.75, 3.05) is 6.54 Å². The van der Waals surface area contributed by atoms with E-state index in [9.17, 15) is 14.6 Å². The van der Waals surface area contributed by atoms with Gasteiger partial charge in [-0.3, -0.25) is 0 Å². The summed E-state index contributed by atoms with van der Waals surface area (Å²) in [5.74, 6) is -0.895. The second-order valence-corrected chi connectivity index (χ2v) is 3.33. The molecule has 0 saturated heterocycles. The van der Waals surface area contributed by atoms with Crippen molar-refractivity contribution in [3.8, 4) is 5.75 Å². The summed E-state index contributed by atoms with van der Waals surface area (Å²) in [4.78, 5) is 0. The van der Waals surface area contributed by atoms with Crippen molar-refractivity contribution in [3.05, 3.63) is 28.5 Å². The lowest BCUT2D eigenvalue weighted by Crippen LogP contribution is -2.07. The highest BCUT2D eigenvalue weighted by molar-refractivity contribution is 6.32. The van der Waals surface area contributed by atoms with Crippen molar-refractivity contribution in [2.45, 2.75) is 12.5 Å². The molecular formula is C9H11ClFNO2. The normalized spacial score (nSPS) is 12.9. The number of aliphatic hydroxyl groups is 1. The third kappa shape index (κ3) is 2.35. The molecule has 1 atom stereocenters. The van der Waals surface area contributed by atoms with Gasteiger partial charge in [0.25, 0.3) is 0 Å². The summed E-state index contributed by atoms with van der Waals surface area (Å²) in [5, 5.41) is 18.8. The molecule has 0 aliphatic heterocycles. The van der Waals surface area contributed by atoms with Crippen LogP contribution < -0.4 is 5.73 Å². The van der Waals surface area contributed by atoms with Crippen LogP contribution in [0.15, 0.2) is 12.1 Å². The van der Waals surface area contributed by atoms with Crippen molar-refractivity contribution >= 4 is 11.6 Å². The van der Waals surface area contributed by atoms with Crippen molar-refractivity contribution in [1.82, 2.24) is 0 Å². The number of nitrogens with two attached hydrogens (primary N) is 1. The number of halogens is 2. The van der Waals surface area contributed by atoms with Gasteiger partial charge in [-0.1, -0.05) is 11.6 Å². The van der Waals surface area contributed by atoms with Crippen LogP contribution in [0.3, 0.4) is 0 Å². The Morgan fingerprint density at radius 1 is 1.50 bits per heavy atom. The summed E-state index contributed by atoms with van der Waals surface area (Å²) in [6.45, 7) is 0.245. The predicted octanol–water partition coefficient (Wildman–Crippen LogP) is 1.57. The maximum Gasteiger partial charge on any atom is 0.140 e. The van der Waals surface area contributed by atoms with Crippen LogP contribution in [0.25, 0.3) is 0 Å². The first kappa shape index (κ1) is 11.2. The van der Waals surface area contributed by atoms with Gasteiger partial charge in [-0.25, -0.2) is 4.39 Å². The molecule has 0 radical (unpaired) electrons. The summed E-state index contributed by atoms with van der Waals surface area (Å²) < 4.78 is 12.9. The molecule has 4 N–H and O–H groups in total. The summed E-state index contributed by atoms with van der Waals surface area (Å²) in [6, 6.07) is 2.02. The van der Waals surface area contributed by atoms with Gasteiger partial charge in [-0.05, 0) is 25.1 Å². The first-order chi connectivity index (χ1) is 6.56. The van der Waals surface area contributed by atoms with E-state index in [2.05, 4.69) is 0 Å². The molecule has 78 valence electrons. The van der Waals surface area contributed by atoms with E-state index in [1.165, 1.54) is 0 Å². The Hall–Kier alpha value is -0.840. The largest absolute Gasteiger partial charge is 0.506 e. The van der Waals surface area contributed by atoms with Gasteiger partial charge in [-0.15, -0.1) is 0 Å². The Morgan fingerprint density at radius 2 is 2.14 bits per heavy atom. The zero-order valence-electron chi connectivity index (χ0n) is 7.37. The quantitative estimate of drug-likeness (QED) is 0.723. The molecule has 1 rings (SSSR count). The lowest BCUT2D eigenvalue weighted by Gasteiger charge is -2.12. The maximum atomic E-state index is 12.9. The van der Waals surface area contributed by atoms with E-state index in [0.29, 0.717) is 0 Å². The molecule has 1 aromatic carbocycles. The summed E-state index contributed by atoms with van der Waals surface area (Å²) in [7, 11) is 0. The Bertz CT molecular complexity index is 333. The predicted molar refractivity (Wildman–Crippen MR) is 51.7 cm³/mol. The maximum absolute atomic E-state index is 12.9. The monoisotopic (exact) mass is 219 g/mol. The molecular weight excluding hydrogens is 209 g/mol. The van der Waals surface area contributed by atoms with E-state index >= 15 is 0 Å². The zero-order valence-corrected chi connectivity index (χ0v) is 8.13. The molecule has 3 nitrogen and oxygen atoms in total. The van der Waals surface area contributed by atoms with E-state index in [0.717, 1.165) is 12.1 Å². The fraction of sp³-hybridized carbons (Fsp3) is 0.333. The lowest BCUT2D eigenvalue weighted by atomic mass is 10.1. The molecule has 1 unspecified atom stereocenters. The smallest absolute Gasteiger partial charge is 0.140 e. The van der Waals surface area contributed by atoms with Crippen LogP contribution in [-0.4, -0.2) is 16.8 Å². The van der Waals surface area contributed by atoms with Crippen LogP contribution in [0.5, 0.6) is 5.75 Å². The summed E-state index contributed by atoms with van der Waals surface area (Å²) in [5.41, 5.74) is 5.29. The third-order valence-corrected chi connectivity index (χ3v) is 2.14. The number of hydrogen-bond acceptors (Lipinski definition) is 3. The molecule has 0 aromatic heterocycles. The fourth-order valence-corrected chi connectivity index (χ4v) is 1.37. The van der Waals surface area contributed by atoms with E-state index in [1.807, 2.05) is 0 Å². The van der Waals surface area contributed by atoms with Gasteiger partial charge in [0.2, 0.25) is 0 Å². The molecule has 0 spiro atoms. The van der Waals surface area contributed by atoms with Crippen LogP contribution in [0.2, 0.25) is 5.02 Å². The number of aromatic hydroxyl groups is 1. The summed E-state index contributed by atoms with van der Waals surface area (Å²) >= 11 is 5.53. The van der Waals surface area contributed by atoms with E-state index in [1.54, 1.807) is 0 Å². The van der Waals surface area contributed by atoms with Crippen molar-refractivity contribution in [2.24, 2.45) is 5.73 Å². The van der Waals surface area contributed by atoms with Crippen molar-refractivity contribution in [1.29, 1.82) is 0 Å². The molecule has 0 amide bonds. The standard InChI is InChI=1S/C9H11ClFNO2/c10-7-4-5(11)3-6(9(7)14)8(13)1-2-12/h3-4,8,13-14H,1-2,12H2. The highest BCUT2D eigenvalue weighted by Gasteiger charge is 2.15. The second kappa shape index (κ2) is 4.59. The van der Waals surface area contributed by atoms with Crippen molar-refractivity contribution in [3.63, 3.8) is 0 Å².